The molecule has 2 aromatic rings. The number of nitrogens with zero attached hydrogens (tertiary/aromatic N) is 4. The Morgan fingerprint density at radius 1 is 1.22 bits per heavy atom. The lowest BCUT2D eigenvalue weighted by Gasteiger charge is -2.36. The van der Waals surface area contributed by atoms with Gasteiger partial charge in [0.1, 0.15) is 12.8 Å². The lowest BCUT2D eigenvalue weighted by atomic mass is 10.2. The zero-order valence-corrected chi connectivity index (χ0v) is 18.3. The van der Waals surface area contributed by atoms with Crippen molar-refractivity contribution in [3.63, 3.8) is 0 Å². The van der Waals surface area contributed by atoms with Crippen LogP contribution in [-0.4, -0.2) is 83.8 Å². The van der Waals surface area contributed by atoms with E-state index in [0.717, 1.165) is 11.1 Å². The highest BCUT2D eigenvalue weighted by molar-refractivity contribution is 8.32. The van der Waals surface area contributed by atoms with Crippen LogP contribution in [0.1, 0.15) is 0 Å². The quantitative estimate of drug-likeness (QED) is 0.463. The fourth-order valence-electron chi connectivity index (χ4n) is 2.58. The Labute approximate surface area is 166 Å². The van der Waals surface area contributed by atoms with Gasteiger partial charge in [0.15, 0.2) is 5.65 Å². The maximum atomic E-state index is 11.5. The molecule has 27 heavy (non-hydrogen) atoms. The molecule has 3 heterocycles. The van der Waals surface area contributed by atoms with Gasteiger partial charge in [0.05, 0.1) is 31.3 Å². The molecule has 0 atom stereocenters. The van der Waals surface area contributed by atoms with Crippen molar-refractivity contribution in [3.05, 3.63) is 17.5 Å². The lowest BCUT2D eigenvalue weighted by Crippen LogP contribution is -2.55. The Hall–Kier alpha value is -1.07. The van der Waals surface area contributed by atoms with E-state index in [1.807, 2.05) is 16.8 Å². The summed E-state index contributed by atoms with van der Waals surface area (Å²) in [5.74, 6) is 1.40. The Bertz CT molecular complexity index is 920. The molecule has 0 radical (unpaired) electrons. The number of aromatic nitrogens is 3. The highest BCUT2D eigenvalue weighted by atomic mass is 35.5. The number of sulfonamides is 1. The molecule has 0 aliphatic carbocycles. The van der Waals surface area contributed by atoms with Gasteiger partial charge in [-0.2, -0.15) is 14.3 Å². The average Bonchev–Trinajstić information content (AvgIpc) is 2.87. The molecule has 152 valence electrons. The number of halogens is 1. The van der Waals surface area contributed by atoms with E-state index in [0.29, 0.717) is 38.0 Å². The van der Waals surface area contributed by atoms with Crippen molar-refractivity contribution >= 4 is 42.7 Å². The van der Waals surface area contributed by atoms with Crippen molar-refractivity contribution in [1.82, 2.24) is 18.8 Å². The molecule has 0 bridgehead atoms. The Morgan fingerprint density at radius 3 is 2.56 bits per heavy atom. The number of rotatable bonds is 8. The van der Waals surface area contributed by atoms with E-state index in [-0.39, 0.29) is 11.4 Å². The maximum absolute atomic E-state index is 11.5. The summed E-state index contributed by atoms with van der Waals surface area (Å²) in [6.07, 6.45) is 9.56. The molecule has 0 N–H and O–H groups in total. The summed E-state index contributed by atoms with van der Waals surface area (Å²) < 4.78 is 37.8. The van der Waals surface area contributed by atoms with Crippen LogP contribution in [0.25, 0.3) is 11.0 Å². The summed E-state index contributed by atoms with van der Waals surface area (Å²) >= 11 is 6.06. The van der Waals surface area contributed by atoms with Crippen molar-refractivity contribution in [2.45, 2.75) is 12.8 Å². The van der Waals surface area contributed by atoms with Gasteiger partial charge in [0.25, 0.3) is 0 Å². The van der Waals surface area contributed by atoms with Crippen LogP contribution in [0.2, 0.25) is 5.28 Å². The summed E-state index contributed by atoms with van der Waals surface area (Å²) in [7, 11) is -3.78. The molecule has 0 saturated carbocycles. The van der Waals surface area contributed by atoms with Crippen LogP contribution in [-0.2, 0) is 21.5 Å². The van der Waals surface area contributed by atoms with Gasteiger partial charge in [0, 0.05) is 11.9 Å². The normalized spacial score (nSPS) is 17.2. The highest BCUT2D eigenvalue weighted by Gasteiger charge is 2.35. The minimum absolute atomic E-state index is 0.0795. The van der Waals surface area contributed by atoms with Gasteiger partial charge in [-0.25, -0.2) is 18.4 Å². The van der Waals surface area contributed by atoms with Gasteiger partial charge < -0.3 is 14.0 Å². The number of ether oxygens (including phenoxy) is 2. The van der Waals surface area contributed by atoms with Crippen LogP contribution < -0.4 is 4.74 Å². The van der Waals surface area contributed by atoms with Gasteiger partial charge in [-0.15, -0.1) is 0 Å². The fourth-order valence-corrected chi connectivity index (χ4v) is 4.23. The average molecular weight is 437 g/mol. The van der Waals surface area contributed by atoms with E-state index in [2.05, 4.69) is 28.7 Å². The monoisotopic (exact) mass is 436 g/mol. The third kappa shape index (κ3) is 5.26. The van der Waals surface area contributed by atoms with E-state index in [1.165, 1.54) is 10.6 Å². The SMILES string of the molecule is CS(C)(C)CCOCn1ccc2c(OC3CN(S(C)(=O)=O)C3)nc(Cl)nc21. The molecule has 11 heteroatoms. The minimum atomic E-state index is -3.19. The first-order valence-corrected chi connectivity index (χ1v) is 13.7. The largest absolute Gasteiger partial charge is 0.471 e. The van der Waals surface area contributed by atoms with Crippen LogP contribution in [0, 0.1) is 0 Å². The summed E-state index contributed by atoms with van der Waals surface area (Å²) in [5.41, 5.74) is 0.632. The third-order valence-corrected chi connectivity index (χ3v) is 6.99. The number of hydrogen-bond acceptors (Lipinski definition) is 6. The highest BCUT2D eigenvalue weighted by Crippen LogP contribution is 2.33. The van der Waals surface area contributed by atoms with Gasteiger partial charge in [-0.1, -0.05) is 0 Å². The Kier molecular flexibility index (Phi) is 5.93. The summed E-state index contributed by atoms with van der Waals surface area (Å²) in [6, 6.07) is 1.85. The Morgan fingerprint density at radius 2 is 1.93 bits per heavy atom. The molecule has 1 saturated heterocycles. The molecule has 3 rings (SSSR count). The number of hydrogen-bond donors (Lipinski definition) is 0. The first-order chi connectivity index (χ1) is 12.5. The second kappa shape index (κ2) is 7.75. The fraction of sp³-hybridized carbons (Fsp3) is 0.625. The van der Waals surface area contributed by atoms with Gasteiger partial charge in [-0.3, -0.25) is 0 Å². The van der Waals surface area contributed by atoms with Gasteiger partial charge in [0.2, 0.25) is 21.2 Å². The van der Waals surface area contributed by atoms with E-state index in [4.69, 9.17) is 21.1 Å². The van der Waals surface area contributed by atoms with E-state index >= 15 is 0 Å². The molecule has 0 spiro atoms. The van der Waals surface area contributed by atoms with E-state index in [9.17, 15) is 8.42 Å². The summed E-state index contributed by atoms with van der Waals surface area (Å²) in [5, 5.41) is 0.804. The van der Waals surface area contributed by atoms with Crippen LogP contribution in [0.3, 0.4) is 0 Å². The van der Waals surface area contributed by atoms with Crippen molar-refractivity contribution in [2.75, 3.05) is 50.5 Å². The molecule has 8 nitrogen and oxygen atoms in total. The predicted octanol–water partition coefficient (Wildman–Crippen LogP) is 1.78. The van der Waals surface area contributed by atoms with Gasteiger partial charge in [-0.05, 0) is 36.4 Å². The molecular weight excluding hydrogens is 412 g/mol. The standard InChI is InChI=1S/C16H25ClN4O4S2/c1-26(2,3)8-7-24-11-20-6-5-13-14(20)18-16(17)19-15(13)25-12-9-21(10-12)27(4,22)23/h5-6,12H,7-11H2,1-4H3. The Balaban J connectivity index is 1.68. The molecule has 1 fully saturated rings. The first-order valence-electron chi connectivity index (χ1n) is 8.41. The second-order valence-electron chi connectivity index (χ2n) is 7.47. The van der Waals surface area contributed by atoms with Crippen molar-refractivity contribution in [2.24, 2.45) is 0 Å². The van der Waals surface area contributed by atoms with E-state index in [1.54, 1.807) is 0 Å². The third-order valence-electron chi connectivity index (χ3n) is 4.19. The molecule has 2 aromatic heterocycles. The van der Waals surface area contributed by atoms with Crippen molar-refractivity contribution in [1.29, 1.82) is 0 Å². The van der Waals surface area contributed by atoms with Gasteiger partial charge >= 0.3 is 0 Å². The van der Waals surface area contributed by atoms with Crippen molar-refractivity contribution in [3.8, 4) is 5.88 Å². The molecule has 1 aliphatic rings. The molecule has 0 unspecified atom stereocenters. The molecular formula is C16H25ClN4O4S2. The lowest BCUT2D eigenvalue weighted by molar-refractivity contribution is 0.0739. The summed E-state index contributed by atoms with van der Waals surface area (Å²) in [6.45, 7) is 1.67. The summed E-state index contributed by atoms with van der Waals surface area (Å²) in [4.78, 5) is 8.45. The predicted molar refractivity (Wildman–Crippen MR) is 110 cm³/mol. The minimum Gasteiger partial charge on any atom is -0.471 e. The zero-order valence-electron chi connectivity index (χ0n) is 15.9. The zero-order chi connectivity index (χ0) is 19.8. The molecule has 1 aliphatic heterocycles. The van der Waals surface area contributed by atoms with Crippen LogP contribution in [0.15, 0.2) is 12.3 Å². The van der Waals surface area contributed by atoms with Crippen molar-refractivity contribution < 1.29 is 17.9 Å². The molecule has 0 aromatic carbocycles. The van der Waals surface area contributed by atoms with Crippen LogP contribution in [0.4, 0.5) is 0 Å². The van der Waals surface area contributed by atoms with Crippen LogP contribution in [0.5, 0.6) is 5.88 Å². The smallest absolute Gasteiger partial charge is 0.227 e. The maximum Gasteiger partial charge on any atom is 0.227 e. The number of fused-ring (bicyclic) bond motifs is 1. The topological polar surface area (TPSA) is 86.5 Å². The van der Waals surface area contributed by atoms with E-state index < -0.39 is 20.1 Å². The second-order valence-corrected chi connectivity index (χ2v) is 14.4. The first kappa shape index (κ1) is 20.7. The van der Waals surface area contributed by atoms with Crippen LogP contribution >= 0.6 is 21.6 Å². The molecule has 0 amide bonds.